The lowest BCUT2D eigenvalue weighted by Gasteiger charge is -2.12. The number of hydrazine groups is 1. The molecule has 0 aromatic heterocycles. The number of thiocarbonyl (C=S) groups is 1. The summed E-state index contributed by atoms with van der Waals surface area (Å²) in [6.07, 6.45) is 0. The van der Waals surface area contributed by atoms with Gasteiger partial charge in [-0.3, -0.25) is 25.8 Å². The predicted octanol–water partition coefficient (Wildman–Crippen LogP) is 4.27. The van der Waals surface area contributed by atoms with E-state index in [1.165, 1.54) is 0 Å². The number of halogens is 2. The predicted molar refractivity (Wildman–Crippen MR) is 140 cm³/mol. The van der Waals surface area contributed by atoms with Crippen molar-refractivity contribution in [2.75, 3.05) is 19.8 Å². The molecule has 8 nitrogen and oxygen atoms in total. The lowest BCUT2D eigenvalue weighted by atomic mass is 10.2. The SMILES string of the molecule is O=C(COc1ccc(Cl)cc1Br)NNC(=S)NC(=O)c1ccc(OCCOc2ccccc2)cc1. The van der Waals surface area contributed by atoms with Crippen LogP contribution < -0.4 is 30.4 Å². The molecule has 0 fully saturated rings. The van der Waals surface area contributed by atoms with Crippen molar-refractivity contribution in [3.05, 3.63) is 87.9 Å². The third-order valence-electron chi connectivity index (χ3n) is 4.28. The lowest BCUT2D eigenvalue weighted by molar-refractivity contribution is -0.123. The van der Waals surface area contributed by atoms with Gasteiger partial charge in [0, 0.05) is 10.6 Å². The zero-order valence-electron chi connectivity index (χ0n) is 18.3. The maximum absolute atomic E-state index is 12.4. The van der Waals surface area contributed by atoms with Gasteiger partial charge in [0.05, 0.1) is 4.47 Å². The van der Waals surface area contributed by atoms with Crippen molar-refractivity contribution in [1.82, 2.24) is 16.2 Å². The zero-order chi connectivity index (χ0) is 25.0. The maximum atomic E-state index is 12.4. The number of carbonyl (C=O) groups is 2. The van der Waals surface area contributed by atoms with Gasteiger partial charge in [0.15, 0.2) is 11.7 Å². The van der Waals surface area contributed by atoms with Gasteiger partial charge in [-0.1, -0.05) is 29.8 Å². The number of hydrogen-bond donors (Lipinski definition) is 3. The third kappa shape index (κ3) is 9.08. The van der Waals surface area contributed by atoms with Crippen LogP contribution in [0.15, 0.2) is 77.3 Å². The van der Waals surface area contributed by atoms with E-state index in [4.69, 9.17) is 38.0 Å². The van der Waals surface area contributed by atoms with Crippen molar-refractivity contribution in [1.29, 1.82) is 0 Å². The number of rotatable bonds is 9. The Balaban J connectivity index is 1.34. The highest BCUT2D eigenvalue weighted by molar-refractivity contribution is 9.10. The van der Waals surface area contributed by atoms with E-state index >= 15 is 0 Å². The van der Waals surface area contributed by atoms with E-state index < -0.39 is 11.8 Å². The molecule has 3 N–H and O–H groups in total. The van der Waals surface area contributed by atoms with Crippen LogP contribution in [0.1, 0.15) is 10.4 Å². The topological polar surface area (TPSA) is 97.9 Å². The third-order valence-corrected chi connectivity index (χ3v) is 5.33. The number of nitrogens with one attached hydrogen (secondary N) is 3. The van der Waals surface area contributed by atoms with Crippen molar-refractivity contribution >= 4 is 56.7 Å². The van der Waals surface area contributed by atoms with Gasteiger partial charge in [0.25, 0.3) is 11.8 Å². The summed E-state index contributed by atoms with van der Waals surface area (Å²) in [4.78, 5) is 24.3. The summed E-state index contributed by atoms with van der Waals surface area (Å²) in [5, 5.41) is 2.93. The van der Waals surface area contributed by atoms with Crippen LogP contribution in [0.3, 0.4) is 0 Å². The highest BCUT2D eigenvalue weighted by atomic mass is 79.9. The van der Waals surface area contributed by atoms with Gasteiger partial charge in [0.1, 0.15) is 30.5 Å². The summed E-state index contributed by atoms with van der Waals surface area (Å²) in [6, 6.07) is 20.9. The van der Waals surface area contributed by atoms with Crippen LogP contribution in [0.2, 0.25) is 5.02 Å². The molecular formula is C24H21BrClN3O5S. The summed E-state index contributed by atoms with van der Waals surface area (Å²) in [5.74, 6) is 0.874. The van der Waals surface area contributed by atoms with Crippen molar-refractivity contribution in [3.8, 4) is 17.2 Å². The monoisotopic (exact) mass is 577 g/mol. The molecule has 0 aliphatic heterocycles. The summed E-state index contributed by atoms with van der Waals surface area (Å²) in [5.41, 5.74) is 5.16. The molecule has 3 aromatic rings. The first kappa shape index (κ1) is 26.3. The van der Waals surface area contributed by atoms with Gasteiger partial charge in [-0.25, -0.2) is 0 Å². The smallest absolute Gasteiger partial charge is 0.276 e. The summed E-state index contributed by atoms with van der Waals surface area (Å²) in [7, 11) is 0. The van der Waals surface area contributed by atoms with Gasteiger partial charge in [-0.05, 0) is 82.7 Å². The van der Waals surface area contributed by atoms with Crippen molar-refractivity contribution in [2.24, 2.45) is 0 Å². The highest BCUT2D eigenvalue weighted by Crippen LogP contribution is 2.27. The molecule has 3 rings (SSSR count). The molecule has 35 heavy (non-hydrogen) atoms. The van der Waals surface area contributed by atoms with Crippen LogP contribution >= 0.6 is 39.7 Å². The average molecular weight is 579 g/mol. The van der Waals surface area contributed by atoms with Crippen LogP contribution in [0, 0.1) is 0 Å². The number of hydrogen-bond acceptors (Lipinski definition) is 6. The Hall–Kier alpha value is -3.34. The Morgan fingerprint density at radius 1 is 0.857 bits per heavy atom. The molecule has 0 radical (unpaired) electrons. The molecule has 2 amide bonds. The molecule has 0 saturated carbocycles. The molecule has 0 aliphatic rings. The summed E-state index contributed by atoms with van der Waals surface area (Å²) >= 11 is 14.2. The molecule has 0 atom stereocenters. The second-order valence-corrected chi connectivity index (χ2v) is 8.55. The lowest BCUT2D eigenvalue weighted by Crippen LogP contribution is -2.49. The van der Waals surface area contributed by atoms with Crippen LogP contribution in [-0.2, 0) is 4.79 Å². The van der Waals surface area contributed by atoms with Gasteiger partial charge in [-0.2, -0.15) is 0 Å². The van der Waals surface area contributed by atoms with E-state index in [-0.39, 0.29) is 11.7 Å². The number of ether oxygens (including phenoxy) is 3. The first-order valence-corrected chi connectivity index (χ1v) is 11.9. The Kier molecular flexibility index (Phi) is 10.1. The largest absolute Gasteiger partial charge is 0.490 e. The first-order valence-electron chi connectivity index (χ1n) is 10.3. The van der Waals surface area contributed by atoms with Gasteiger partial charge in [0.2, 0.25) is 0 Å². The Labute approximate surface area is 221 Å². The molecule has 3 aromatic carbocycles. The second-order valence-electron chi connectivity index (χ2n) is 6.85. The average Bonchev–Trinajstić information content (AvgIpc) is 2.86. The van der Waals surface area contributed by atoms with Crippen LogP contribution in [0.4, 0.5) is 0 Å². The van der Waals surface area contributed by atoms with Gasteiger partial charge >= 0.3 is 0 Å². The molecule has 0 unspecified atom stereocenters. The summed E-state index contributed by atoms with van der Waals surface area (Å²) < 4.78 is 17.2. The number of benzene rings is 3. The van der Waals surface area contributed by atoms with E-state index in [1.54, 1.807) is 42.5 Å². The van der Waals surface area contributed by atoms with E-state index in [0.717, 1.165) is 5.75 Å². The molecule has 0 aliphatic carbocycles. The van der Waals surface area contributed by atoms with Crippen molar-refractivity contribution < 1.29 is 23.8 Å². The van der Waals surface area contributed by atoms with E-state index in [1.807, 2.05) is 30.3 Å². The number of para-hydroxylation sites is 1. The molecule has 11 heteroatoms. The fraction of sp³-hybridized carbons (Fsp3) is 0.125. The quantitative estimate of drug-likeness (QED) is 0.198. The highest BCUT2D eigenvalue weighted by Gasteiger charge is 2.10. The van der Waals surface area contributed by atoms with Crippen molar-refractivity contribution in [3.63, 3.8) is 0 Å². The standard InChI is InChI=1S/C24H21BrClN3O5S/c25-20-14-17(26)8-11-21(20)34-15-22(30)28-29-24(35)27-23(31)16-6-9-19(10-7-16)33-13-12-32-18-4-2-1-3-5-18/h1-11,14H,12-13,15H2,(H,28,30)(H2,27,29,31,35). The molecular weight excluding hydrogens is 558 g/mol. The zero-order valence-corrected chi connectivity index (χ0v) is 21.4. The minimum absolute atomic E-state index is 0.0746. The number of amides is 2. The minimum atomic E-state index is -0.499. The summed E-state index contributed by atoms with van der Waals surface area (Å²) in [6.45, 7) is 0.467. The van der Waals surface area contributed by atoms with Crippen LogP contribution in [-0.4, -0.2) is 36.7 Å². The van der Waals surface area contributed by atoms with Crippen LogP contribution in [0.25, 0.3) is 0 Å². The Morgan fingerprint density at radius 3 is 2.17 bits per heavy atom. The minimum Gasteiger partial charge on any atom is -0.490 e. The molecule has 0 saturated heterocycles. The van der Waals surface area contributed by atoms with E-state index in [0.29, 0.717) is 39.8 Å². The molecule has 0 heterocycles. The van der Waals surface area contributed by atoms with Gasteiger partial charge < -0.3 is 14.2 Å². The first-order chi connectivity index (χ1) is 16.9. The second kappa shape index (κ2) is 13.5. The number of carbonyl (C=O) groups excluding carboxylic acids is 2. The molecule has 0 bridgehead atoms. The maximum Gasteiger partial charge on any atom is 0.276 e. The van der Waals surface area contributed by atoms with E-state index in [2.05, 4.69) is 32.1 Å². The normalized spacial score (nSPS) is 10.1. The fourth-order valence-electron chi connectivity index (χ4n) is 2.64. The fourth-order valence-corrected chi connectivity index (χ4v) is 3.58. The molecule has 0 spiro atoms. The Bertz CT molecular complexity index is 1170. The Morgan fingerprint density at radius 2 is 1.51 bits per heavy atom. The van der Waals surface area contributed by atoms with E-state index in [9.17, 15) is 9.59 Å². The van der Waals surface area contributed by atoms with Gasteiger partial charge in [-0.15, -0.1) is 0 Å². The van der Waals surface area contributed by atoms with Crippen molar-refractivity contribution in [2.45, 2.75) is 0 Å². The van der Waals surface area contributed by atoms with Crippen LogP contribution in [0.5, 0.6) is 17.2 Å². The molecule has 182 valence electrons.